The van der Waals surface area contributed by atoms with Crippen molar-refractivity contribution in [3.05, 3.63) is 64.4 Å². The van der Waals surface area contributed by atoms with E-state index in [9.17, 15) is 4.79 Å². The average molecular weight is 390 g/mol. The summed E-state index contributed by atoms with van der Waals surface area (Å²) in [5.74, 6) is 0.463. The lowest BCUT2D eigenvalue weighted by Gasteiger charge is -2.14. The van der Waals surface area contributed by atoms with Crippen molar-refractivity contribution in [1.82, 2.24) is 19.5 Å². The molecule has 2 aromatic heterocycles. The highest BCUT2D eigenvalue weighted by Crippen LogP contribution is 2.25. The van der Waals surface area contributed by atoms with Crippen LogP contribution in [0.5, 0.6) is 0 Å². The summed E-state index contributed by atoms with van der Waals surface area (Å²) in [5.41, 5.74) is 14.1. The third kappa shape index (κ3) is 3.07. The number of aromatic nitrogens is 4. The van der Waals surface area contributed by atoms with E-state index in [1.54, 1.807) is 11.8 Å². The van der Waals surface area contributed by atoms with Crippen molar-refractivity contribution in [3.8, 4) is 17.1 Å². The van der Waals surface area contributed by atoms with Gasteiger partial charge in [0.05, 0.1) is 5.69 Å². The molecule has 0 amide bonds. The normalized spacial score (nSPS) is 11.1. The maximum atomic E-state index is 13.4. The SMILES string of the molecule is CSc1ccc(-c2nc3nc(N)nc(N)c3c(=O)n2-c2ccc(C)cc2)cc1. The van der Waals surface area contributed by atoms with Crippen LogP contribution in [0.15, 0.2) is 58.2 Å². The Labute approximate surface area is 165 Å². The lowest BCUT2D eigenvalue weighted by atomic mass is 10.1. The first kappa shape index (κ1) is 18.0. The minimum absolute atomic E-state index is 0.0187. The summed E-state index contributed by atoms with van der Waals surface area (Å²) in [5, 5.41) is 0.152. The van der Waals surface area contributed by atoms with Gasteiger partial charge in [0.25, 0.3) is 5.56 Å². The van der Waals surface area contributed by atoms with Crippen molar-refractivity contribution < 1.29 is 0 Å². The number of benzene rings is 2. The fourth-order valence-electron chi connectivity index (χ4n) is 2.99. The zero-order valence-electron chi connectivity index (χ0n) is 15.4. The van der Waals surface area contributed by atoms with Gasteiger partial charge in [-0.1, -0.05) is 29.8 Å². The Balaban J connectivity index is 2.09. The number of fused-ring (bicyclic) bond motifs is 1. The molecule has 0 unspecified atom stereocenters. The Morgan fingerprint density at radius 1 is 0.929 bits per heavy atom. The molecule has 2 aromatic carbocycles. The summed E-state index contributed by atoms with van der Waals surface area (Å²) in [4.78, 5) is 27.2. The predicted octanol–water partition coefficient (Wildman–Crippen LogP) is 3.04. The van der Waals surface area contributed by atoms with E-state index < -0.39 is 0 Å². The molecule has 7 nitrogen and oxygen atoms in total. The molecule has 28 heavy (non-hydrogen) atoms. The molecule has 0 aliphatic carbocycles. The zero-order chi connectivity index (χ0) is 19.8. The number of aryl methyl sites for hydroxylation is 1. The molecule has 0 aliphatic rings. The smallest absolute Gasteiger partial charge is 0.271 e. The summed E-state index contributed by atoms with van der Waals surface area (Å²) in [6.45, 7) is 1.99. The van der Waals surface area contributed by atoms with Crippen LogP contribution >= 0.6 is 11.8 Å². The molecule has 0 fully saturated rings. The van der Waals surface area contributed by atoms with Gasteiger partial charge in [-0.15, -0.1) is 11.8 Å². The first-order valence-corrected chi connectivity index (χ1v) is 9.77. The summed E-state index contributed by atoms with van der Waals surface area (Å²) in [6, 6.07) is 15.5. The summed E-state index contributed by atoms with van der Waals surface area (Å²) < 4.78 is 1.53. The van der Waals surface area contributed by atoms with Crippen LogP contribution in [0.3, 0.4) is 0 Å². The number of hydrogen-bond acceptors (Lipinski definition) is 7. The Kier molecular flexibility index (Phi) is 4.48. The molecule has 140 valence electrons. The zero-order valence-corrected chi connectivity index (χ0v) is 16.2. The molecule has 0 saturated carbocycles. The Hall–Kier alpha value is -3.39. The van der Waals surface area contributed by atoms with Gasteiger partial charge in [0.2, 0.25) is 5.95 Å². The van der Waals surface area contributed by atoms with E-state index in [2.05, 4.69) is 15.0 Å². The van der Waals surface area contributed by atoms with Gasteiger partial charge < -0.3 is 11.5 Å². The summed E-state index contributed by atoms with van der Waals surface area (Å²) in [6.07, 6.45) is 2.01. The third-order valence-corrected chi connectivity index (χ3v) is 5.16. The van der Waals surface area contributed by atoms with Gasteiger partial charge in [0.15, 0.2) is 5.65 Å². The molecule has 0 aliphatic heterocycles. The molecular weight excluding hydrogens is 372 g/mol. The van der Waals surface area contributed by atoms with Crippen LogP contribution in [-0.4, -0.2) is 25.8 Å². The first-order valence-electron chi connectivity index (χ1n) is 8.55. The molecular formula is C20H18N6OS. The minimum Gasteiger partial charge on any atom is -0.383 e. The van der Waals surface area contributed by atoms with E-state index in [1.165, 1.54) is 4.57 Å². The van der Waals surface area contributed by atoms with Crippen LogP contribution in [0.25, 0.3) is 28.1 Å². The van der Waals surface area contributed by atoms with E-state index >= 15 is 0 Å². The molecule has 0 saturated heterocycles. The monoisotopic (exact) mass is 390 g/mol. The van der Waals surface area contributed by atoms with E-state index in [1.807, 2.05) is 61.7 Å². The van der Waals surface area contributed by atoms with Crippen molar-refractivity contribution in [2.24, 2.45) is 0 Å². The standard InChI is InChI=1S/C20H18N6OS/c1-11-3-7-13(8-4-11)26-18(12-5-9-14(28-2)10-6-12)24-17-15(19(26)27)16(21)23-20(22)25-17/h3-10H,1-2H3,(H4,21,22,23,25). The number of hydrogen-bond donors (Lipinski definition) is 2. The fraction of sp³-hybridized carbons (Fsp3) is 0.100. The Morgan fingerprint density at radius 2 is 1.61 bits per heavy atom. The van der Waals surface area contributed by atoms with Gasteiger partial charge in [0, 0.05) is 10.5 Å². The van der Waals surface area contributed by atoms with Crippen LogP contribution in [0.2, 0.25) is 0 Å². The topological polar surface area (TPSA) is 113 Å². The van der Waals surface area contributed by atoms with Crippen LogP contribution in [0, 0.1) is 6.92 Å². The fourth-order valence-corrected chi connectivity index (χ4v) is 3.40. The molecule has 8 heteroatoms. The average Bonchev–Trinajstić information content (AvgIpc) is 2.68. The maximum Gasteiger partial charge on any atom is 0.271 e. The van der Waals surface area contributed by atoms with Crippen molar-refractivity contribution in [2.45, 2.75) is 11.8 Å². The number of nitrogens with two attached hydrogens (primary N) is 2. The molecule has 0 bridgehead atoms. The molecule has 0 spiro atoms. The Morgan fingerprint density at radius 3 is 2.25 bits per heavy atom. The molecule has 2 heterocycles. The Bertz CT molecular complexity index is 1230. The van der Waals surface area contributed by atoms with Crippen LogP contribution < -0.4 is 17.0 Å². The van der Waals surface area contributed by atoms with E-state index in [0.29, 0.717) is 11.5 Å². The van der Waals surface area contributed by atoms with Crippen molar-refractivity contribution >= 4 is 34.6 Å². The van der Waals surface area contributed by atoms with Gasteiger partial charge in [0.1, 0.15) is 17.0 Å². The van der Waals surface area contributed by atoms with Gasteiger partial charge >= 0.3 is 0 Å². The summed E-state index contributed by atoms with van der Waals surface area (Å²) >= 11 is 1.64. The van der Waals surface area contributed by atoms with Crippen LogP contribution in [0.1, 0.15) is 5.56 Å². The quantitative estimate of drug-likeness (QED) is 0.517. The highest BCUT2D eigenvalue weighted by Gasteiger charge is 2.18. The van der Waals surface area contributed by atoms with Crippen molar-refractivity contribution in [3.63, 3.8) is 0 Å². The number of anilines is 2. The predicted molar refractivity (Wildman–Crippen MR) is 114 cm³/mol. The van der Waals surface area contributed by atoms with Crippen LogP contribution in [-0.2, 0) is 0 Å². The second-order valence-corrected chi connectivity index (χ2v) is 7.19. The van der Waals surface area contributed by atoms with Gasteiger partial charge in [-0.3, -0.25) is 9.36 Å². The second kappa shape index (κ2) is 6.97. The van der Waals surface area contributed by atoms with E-state index in [0.717, 1.165) is 16.0 Å². The van der Waals surface area contributed by atoms with Crippen molar-refractivity contribution in [2.75, 3.05) is 17.7 Å². The third-order valence-electron chi connectivity index (χ3n) is 4.42. The number of nitrogen functional groups attached to an aromatic ring is 2. The second-order valence-electron chi connectivity index (χ2n) is 6.31. The maximum absolute atomic E-state index is 13.4. The van der Waals surface area contributed by atoms with Crippen molar-refractivity contribution in [1.29, 1.82) is 0 Å². The molecule has 4 rings (SSSR count). The molecule has 4 N–H and O–H groups in total. The molecule has 0 radical (unpaired) electrons. The minimum atomic E-state index is -0.338. The van der Waals surface area contributed by atoms with Gasteiger partial charge in [-0.05, 0) is 37.4 Å². The largest absolute Gasteiger partial charge is 0.383 e. The highest BCUT2D eigenvalue weighted by molar-refractivity contribution is 7.98. The lowest BCUT2D eigenvalue weighted by molar-refractivity contribution is 0.965. The highest BCUT2D eigenvalue weighted by atomic mass is 32.2. The summed E-state index contributed by atoms with van der Waals surface area (Å²) in [7, 11) is 0. The van der Waals surface area contributed by atoms with Gasteiger partial charge in [-0.25, -0.2) is 4.98 Å². The first-order chi connectivity index (χ1) is 13.5. The molecule has 4 aromatic rings. The van der Waals surface area contributed by atoms with Gasteiger partial charge in [-0.2, -0.15) is 9.97 Å². The van der Waals surface area contributed by atoms with E-state index in [-0.39, 0.29) is 28.4 Å². The number of thioether (sulfide) groups is 1. The van der Waals surface area contributed by atoms with Crippen LogP contribution in [0.4, 0.5) is 11.8 Å². The number of rotatable bonds is 3. The molecule has 0 atom stereocenters. The number of nitrogens with zero attached hydrogens (tertiary/aromatic N) is 4. The lowest BCUT2D eigenvalue weighted by Crippen LogP contribution is -2.24. The van der Waals surface area contributed by atoms with E-state index in [4.69, 9.17) is 11.5 Å².